The average Bonchev–Trinajstić information content (AvgIpc) is 2.92. The van der Waals surface area contributed by atoms with Gasteiger partial charge in [-0.2, -0.15) is 26.3 Å². The second-order valence-electron chi connectivity index (χ2n) is 4.55. The molecule has 2 rings (SSSR count). The van der Waals surface area contributed by atoms with E-state index in [9.17, 15) is 31.1 Å². The first kappa shape index (κ1) is 19.5. The fourth-order valence-corrected chi connectivity index (χ4v) is 3.34. The van der Waals surface area contributed by atoms with E-state index in [1.807, 2.05) is 6.92 Å². The molecule has 1 heterocycles. The van der Waals surface area contributed by atoms with Gasteiger partial charge in [0.1, 0.15) is 0 Å². The molecular weight excluding hydrogens is 392 g/mol. The van der Waals surface area contributed by atoms with E-state index >= 15 is 0 Å². The summed E-state index contributed by atoms with van der Waals surface area (Å²) in [7, 11) is 0. The third kappa shape index (κ3) is 5.08. The summed E-state index contributed by atoms with van der Waals surface area (Å²) in [6, 6.07) is 0.665. The molecule has 0 fully saturated rings. The molecule has 4 nitrogen and oxygen atoms in total. The molecule has 1 N–H and O–H groups in total. The Morgan fingerprint density at radius 2 is 1.64 bits per heavy atom. The molecule has 0 radical (unpaired) electrons. The van der Waals surface area contributed by atoms with Gasteiger partial charge in [-0.1, -0.05) is 30.0 Å². The summed E-state index contributed by atoms with van der Waals surface area (Å²) in [5, 5.41) is 9.47. The van der Waals surface area contributed by atoms with E-state index in [2.05, 4.69) is 15.5 Å². The number of hydrogen-bond donors (Lipinski definition) is 1. The van der Waals surface area contributed by atoms with Crippen LogP contribution in [0.15, 0.2) is 22.5 Å². The van der Waals surface area contributed by atoms with Crippen molar-refractivity contribution in [2.24, 2.45) is 0 Å². The van der Waals surface area contributed by atoms with Gasteiger partial charge in [-0.25, -0.2) is 0 Å². The van der Waals surface area contributed by atoms with Crippen molar-refractivity contribution in [1.29, 1.82) is 0 Å². The van der Waals surface area contributed by atoms with Crippen LogP contribution in [0.2, 0.25) is 0 Å². The highest BCUT2D eigenvalue weighted by molar-refractivity contribution is 8.01. The zero-order valence-corrected chi connectivity index (χ0v) is 14.0. The Kier molecular flexibility index (Phi) is 5.62. The van der Waals surface area contributed by atoms with Gasteiger partial charge in [0.25, 0.3) is 5.91 Å². The molecule has 1 aromatic heterocycles. The summed E-state index contributed by atoms with van der Waals surface area (Å²) in [4.78, 5) is 12.0. The van der Waals surface area contributed by atoms with Crippen molar-refractivity contribution in [2.75, 3.05) is 11.1 Å². The number of anilines is 1. The Morgan fingerprint density at radius 3 is 2.12 bits per heavy atom. The molecule has 0 aliphatic carbocycles. The van der Waals surface area contributed by atoms with E-state index in [0.717, 1.165) is 11.3 Å². The van der Waals surface area contributed by atoms with E-state index in [-0.39, 0.29) is 11.2 Å². The van der Waals surface area contributed by atoms with Gasteiger partial charge in [-0.15, -0.1) is 10.2 Å². The van der Waals surface area contributed by atoms with Crippen molar-refractivity contribution in [3.63, 3.8) is 0 Å². The number of rotatable bonds is 4. The largest absolute Gasteiger partial charge is 0.416 e. The molecule has 0 aliphatic rings. The van der Waals surface area contributed by atoms with E-state index in [0.29, 0.717) is 22.2 Å². The van der Waals surface area contributed by atoms with E-state index in [4.69, 9.17) is 0 Å². The Labute approximate surface area is 145 Å². The number of nitrogens with zero attached hydrogens (tertiary/aromatic N) is 2. The van der Waals surface area contributed by atoms with Gasteiger partial charge < -0.3 is 0 Å². The highest BCUT2D eigenvalue weighted by Crippen LogP contribution is 2.36. The maximum atomic E-state index is 12.8. The monoisotopic (exact) mass is 401 g/mol. The van der Waals surface area contributed by atoms with Gasteiger partial charge in [-0.3, -0.25) is 10.1 Å². The molecule has 0 spiro atoms. The summed E-state index contributed by atoms with van der Waals surface area (Å²) < 4.78 is 77.3. The first-order chi connectivity index (χ1) is 11.5. The number of thioether (sulfide) groups is 1. The van der Waals surface area contributed by atoms with Crippen molar-refractivity contribution in [3.8, 4) is 0 Å². The van der Waals surface area contributed by atoms with Crippen LogP contribution in [0.25, 0.3) is 0 Å². The smallest absolute Gasteiger partial charge is 0.296 e. The van der Waals surface area contributed by atoms with Gasteiger partial charge in [-0.05, 0) is 24.0 Å². The summed E-state index contributed by atoms with van der Waals surface area (Å²) in [6.45, 7) is 1.85. The SMILES string of the molecule is CCSc1nnc(NC(=O)c2cc(C(F)(F)F)cc(C(F)(F)F)c2)s1. The quantitative estimate of drug-likeness (QED) is 0.448. The molecule has 0 bridgehead atoms. The highest BCUT2D eigenvalue weighted by atomic mass is 32.2. The lowest BCUT2D eigenvalue weighted by Crippen LogP contribution is -2.17. The van der Waals surface area contributed by atoms with Gasteiger partial charge >= 0.3 is 12.4 Å². The lowest BCUT2D eigenvalue weighted by Gasteiger charge is -2.13. The summed E-state index contributed by atoms with van der Waals surface area (Å²) in [5.41, 5.74) is -3.90. The Bertz CT molecular complexity index is 740. The van der Waals surface area contributed by atoms with Gasteiger partial charge in [0.15, 0.2) is 4.34 Å². The van der Waals surface area contributed by atoms with Gasteiger partial charge in [0.2, 0.25) is 5.13 Å². The second-order valence-corrected chi connectivity index (χ2v) is 7.04. The maximum absolute atomic E-state index is 12.8. The number of benzene rings is 1. The first-order valence-electron chi connectivity index (χ1n) is 6.58. The number of halogens is 6. The third-order valence-corrected chi connectivity index (χ3v) is 4.60. The van der Waals surface area contributed by atoms with Crippen molar-refractivity contribution < 1.29 is 31.1 Å². The lowest BCUT2D eigenvalue weighted by atomic mass is 10.0. The Hall–Kier alpha value is -1.82. The molecule has 1 amide bonds. The van der Waals surface area contributed by atoms with Crippen LogP contribution >= 0.6 is 23.1 Å². The van der Waals surface area contributed by atoms with Crippen molar-refractivity contribution >= 4 is 34.1 Å². The highest BCUT2D eigenvalue weighted by Gasteiger charge is 2.37. The number of carbonyl (C=O) groups excluding carboxylic acids is 1. The molecule has 1 aromatic carbocycles. The van der Waals surface area contributed by atoms with Crippen molar-refractivity contribution in [2.45, 2.75) is 23.6 Å². The lowest BCUT2D eigenvalue weighted by molar-refractivity contribution is -0.143. The number of carbonyl (C=O) groups is 1. The van der Waals surface area contributed by atoms with Gasteiger partial charge in [0.05, 0.1) is 11.1 Å². The fourth-order valence-electron chi connectivity index (χ4n) is 1.70. The van der Waals surface area contributed by atoms with Crippen LogP contribution in [0, 0.1) is 0 Å². The summed E-state index contributed by atoms with van der Waals surface area (Å²) in [5.74, 6) is -0.452. The second kappa shape index (κ2) is 7.20. The first-order valence-corrected chi connectivity index (χ1v) is 8.38. The number of alkyl halides is 6. The molecule has 136 valence electrons. The van der Waals surface area contributed by atoms with Crippen LogP contribution in [0.3, 0.4) is 0 Å². The van der Waals surface area contributed by atoms with Crippen LogP contribution in [0.4, 0.5) is 31.5 Å². The molecular formula is C13H9F6N3OS2. The zero-order chi connectivity index (χ0) is 18.8. The summed E-state index contributed by atoms with van der Waals surface area (Å²) in [6.07, 6.45) is -10.0. The molecule has 0 unspecified atom stereocenters. The molecule has 0 atom stereocenters. The van der Waals surface area contributed by atoms with E-state index in [1.165, 1.54) is 11.8 Å². The summed E-state index contributed by atoms with van der Waals surface area (Å²) >= 11 is 2.29. The molecule has 2 aromatic rings. The topological polar surface area (TPSA) is 54.9 Å². The van der Waals surface area contributed by atoms with Gasteiger partial charge in [0, 0.05) is 5.56 Å². The number of hydrogen-bond acceptors (Lipinski definition) is 5. The predicted octanol–water partition coefficient (Wildman–Crippen LogP) is 4.94. The predicted molar refractivity (Wildman–Crippen MR) is 80.7 cm³/mol. The van der Waals surface area contributed by atoms with Crippen molar-refractivity contribution in [3.05, 3.63) is 34.9 Å². The van der Waals surface area contributed by atoms with Crippen LogP contribution in [-0.4, -0.2) is 21.9 Å². The normalized spacial score (nSPS) is 12.3. The zero-order valence-electron chi connectivity index (χ0n) is 12.3. The Balaban J connectivity index is 2.34. The minimum Gasteiger partial charge on any atom is -0.296 e. The van der Waals surface area contributed by atoms with Crippen LogP contribution in [-0.2, 0) is 12.4 Å². The van der Waals surface area contributed by atoms with Crippen LogP contribution in [0.1, 0.15) is 28.4 Å². The average molecular weight is 401 g/mol. The molecule has 0 aliphatic heterocycles. The fraction of sp³-hybridized carbons (Fsp3) is 0.308. The molecule has 12 heteroatoms. The number of nitrogens with one attached hydrogen (secondary N) is 1. The maximum Gasteiger partial charge on any atom is 0.416 e. The minimum atomic E-state index is -5.02. The van der Waals surface area contributed by atoms with Crippen LogP contribution in [0.5, 0.6) is 0 Å². The minimum absolute atomic E-state index is 0.0214. The van der Waals surface area contributed by atoms with Crippen molar-refractivity contribution in [1.82, 2.24) is 10.2 Å². The number of aromatic nitrogens is 2. The van der Waals surface area contributed by atoms with E-state index < -0.39 is 35.0 Å². The molecule has 0 saturated carbocycles. The molecule has 0 saturated heterocycles. The standard InChI is InChI=1S/C13H9F6N3OS2/c1-2-24-11-22-21-10(25-11)20-9(23)6-3-7(12(14,15)16)5-8(4-6)13(17,18)19/h3-5H,2H2,1H3,(H,20,21,23). The number of amides is 1. The van der Waals surface area contributed by atoms with E-state index in [1.54, 1.807) is 0 Å². The Morgan fingerprint density at radius 1 is 1.08 bits per heavy atom. The third-order valence-electron chi connectivity index (χ3n) is 2.74. The van der Waals surface area contributed by atoms with Crippen LogP contribution < -0.4 is 5.32 Å². The molecule has 25 heavy (non-hydrogen) atoms.